The van der Waals surface area contributed by atoms with Crippen molar-refractivity contribution in [1.29, 1.82) is 0 Å². The molecule has 0 spiro atoms. The van der Waals surface area contributed by atoms with Crippen LogP contribution in [-0.2, 0) is 0 Å². The first-order chi connectivity index (χ1) is 10.8. The van der Waals surface area contributed by atoms with Crippen molar-refractivity contribution in [2.75, 3.05) is 19.7 Å². The van der Waals surface area contributed by atoms with E-state index < -0.39 is 24.4 Å². The van der Waals surface area contributed by atoms with Crippen LogP contribution in [0.3, 0.4) is 0 Å². The molecule has 3 atom stereocenters. The Labute approximate surface area is 133 Å². The van der Waals surface area contributed by atoms with Gasteiger partial charge in [-0.25, -0.2) is 0 Å². The molecule has 1 aliphatic heterocycles. The lowest BCUT2D eigenvalue weighted by Gasteiger charge is -2.31. The van der Waals surface area contributed by atoms with Gasteiger partial charge in [0.1, 0.15) is 18.5 Å². The molecule has 0 amide bonds. The molecule has 0 bridgehead atoms. The highest BCUT2D eigenvalue weighted by Gasteiger charge is 2.47. The molecule has 1 aliphatic rings. The summed E-state index contributed by atoms with van der Waals surface area (Å²) in [5.74, 6) is 0.639. The van der Waals surface area contributed by atoms with E-state index >= 15 is 0 Å². The number of hydrogen-bond donors (Lipinski definition) is 2. The summed E-state index contributed by atoms with van der Waals surface area (Å²) in [6.45, 7) is 2.34. The molecule has 2 N–H and O–H groups in total. The average Bonchev–Trinajstić information content (AvgIpc) is 2.92. The Balaban J connectivity index is 1.87. The number of para-hydroxylation sites is 1. The van der Waals surface area contributed by atoms with Gasteiger partial charge in [0, 0.05) is 12.6 Å². The zero-order chi connectivity index (χ0) is 17.0. The van der Waals surface area contributed by atoms with Crippen LogP contribution in [-0.4, -0.2) is 59.2 Å². The quantitative estimate of drug-likeness (QED) is 0.837. The molecule has 1 heterocycles. The highest BCUT2D eigenvalue weighted by atomic mass is 19.4. The van der Waals surface area contributed by atoms with Crippen LogP contribution in [0.25, 0.3) is 0 Å². The first-order valence-electron chi connectivity index (χ1n) is 7.64. The van der Waals surface area contributed by atoms with Gasteiger partial charge in [-0.3, -0.25) is 4.90 Å². The molecule has 0 aromatic heterocycles. The number of hydrogen-bond acceptors (Lipinski definition) is 4. The zero-order valence-electron chi connectivity index (χ0n) is 13.0. The summed E-state index contributed by atoms with van der Waals surface area (Å²) in [7, 11) is 0. The van der Waals surface area contributed by atoms with Gasteiger partial charge in [0.25, 0.3) is 0 Å². The van der Waals surface area contributed by atoms with Crippen LogP contribution in [0.1, 0.15) is 18.4 Å². The summed E-state index contributed by atoms with van der Waals surface area (Å²) in [4.78, 5) is 1.49. The van der Waals surface area contributed by atoms with Gasteiger partial charge in [0.05, 0.1) is 0 Å². The van der Waals surface area contributed by atoms with E-state index in [2.05, 4.69) is 0 Å². The Kier molecular flexibility index (Phi) is 5.89. The van der Waals surface area contributed by atoms with Crippen molar-refractivity contribution in [3.8, 4) is 5.75 Å². The van der Waals surface area contributed by atoms with Crippen LogP contribution in [0.4, 0.5) is 13.2 Å². The Morgan fingerprint density at radius 1 is 1.30 bits per heavy atom. The highest BCUT2D eigenvalue weighted by Crippen LogP contribution is 2.30. The van der Waals surface area contributed by atoms with E-state index in [1.165, 1.54) is 4.90 Å². The van der Waals surface area contributed by atoms with E-state index in [1.807, 2.05) is 25.1 Å². The molecule has 4 nitrogen and oxygen atoms in total. The first-order valence-corrected chi connectivity index (χ1v) is 7.64. The Morgan fingerprint density at radius 3 is 2.65 bits per heavy atom. The molecule has 3 unspecified atom stereocenters. The minimum atomic E-state index is -4.64. The molecule has 1 fully saturated rings. The number of β-amino-alcohol motifs (C(OH)–C–C–N with tert-alkyl or cyclic N) is 1. The molecule has 130 valence electrons. The lowest BCUT2D eigenvalue weighted by atomic mass is 10.1. The predicted molar refractivity (Wildman–Crippen MR) is 79.3 cm³/mol. The molecule has 1 saturated heterocycles. The molecule has 1 aromatic carbocycles. The standard InChI is InChI=1S/C16H22F3NO3/c1-11-5-2-3-7-14(11)23-10-12(21)9-20-8-4-6-13(20)15(22)16(17,18)19/h2-3,5,7,12-13,15,21-22H,4,6,8-10H2,1H3. The van der Waals surface area contributed by atoms with Crippen LogP contribution in [0, 0.1) is 6.92 Å². The van der Waals surface area contributed by atoms with E-state index in [-0.39, 0.29) is 19.6 Å². The van der Waals surface area contributed by atoms with Gasteiger partial charge in [-0.05, 0) is 37.9 Å². The van der Waals surface area contributed by atoms with Crippen molar-refractivity contribution in [2.45, 2.75) is 44.2 Å². The molecule has 23 heavy (non-hydrogen) atoms. The Morgan fingerprint density at radius 2 is 2.00 bits per heavy atom. The third kappa shape index (κ3) is 4.83. The summed E-state index contributed by atoms with van der Waals surface area (Å²) >= 11 is 0. The molecular weight excluding hydrogens is 311 g/mol. The van der Waals surface area contributed by atoms with Gasteiger partial charge in [-0.2, -0.15) is 13.2 Å². The molecule has 7 heteroatoms. The molecule has 0 radical (unpaired) electrons. The maximum atomic E-state index is 12.7. The highest BCUT2D eigenvalue weighted by molar-refractivity contribution is 5.31. The number of aryl methyl sites for hydroxylation is 1. The second kappa shape index (κ2) is 7.51. The predicted octanol–water partition coefficient (Wildman–Crippen LogP) is 2.12. The minimum absolute atomic E-state index is 0.00378. The second-order valence-corrected chi connectivity index (χ2v) is 5.92. The molecule has 2 rings (SSSR count). The fourth-order valence-electron chi connectivity index (χ4n) is 2.88. The third-order valence-corrected chi connectivity index (χ3v) is 4.08. The Hall–Kier alpha value is -1.31. The average molecular weight is 333 g/mol. The number of likely N-dealkylation sites (tertiary alicyclic amines) is 1. The van der Waals surface area contributed by atoms with Gasteiger partial charge < -0.3 is 14.9 Å². The second-order valence-electron chi connectivity index (χ2n) is 5.92. The third-order valence-electron chi connectivity index (χ3n) is 4.08. The summed E-state index contributed by atoms with van der Waals surface area (Å²) in [5.41, 5.74) is 0.922. The maximum absolute atomic E-state index is 12.7. The van der Waals surface area contributed by atoms with Crippen molar-refractivity contribution in [3.63, 3.8) is 0 Å². The van der Waals surface area contributed by atoms with Gasteiger partial charge >= 0.3 is 6.18 Å². The Bertz CT molecular complexity index is 510. The number of ether oxygens (including phenoxy) is 1. The van der Waals surface area contributed by atoms with E-state index in [9.17, 15) is 23.4 Å². The number of aliphatic hydroxyl groups is 2. The lowest BCUT2D eigenvalue weighted by Crippen LogP contribution is -2.49. The van der Waals surface area contributed by atoms with E-state index in [4.69, 9.17) is 4.74 Å². The normalized spacial score (nSPS) is 22.1. The summed E-state index contributed by atoms with van der Waals surface area (Å²) in [5, 5.41) is 19.5. The van der Waals surface area contributed by atoms with Crippen LogP contribution >= 0.6 is 0 Å². The minimum Gasteiger partial charge on any atom is -0.491 e. The number of benzene rings is 1. The van der Waals surface area contributed by atoms with E-state index in [1.54, 1.807) is 6.07 Å². The fraction of sp³-hybridized carbons (Fsp3) is 0.625. The zero-order valence-corrected chi connectivity index (χ0v) is 13.0. The van der Waals surface area contributed by atoms with Gasteiger partial charge in [-0.15, -0.1) is 0 Å². The molecule has 0 aliphatic carbocycles. The lowest BCUT2D eigenvalue weighted by molar-refractivity contribution is -0.220. The number of aliphatic hydroxyl groups excluding tert-OH is 2. The van der Waals surface area contributed by atoms with Crippen LogP contribution in [0.2, 0.25) is 0 Å². The van der Waals surface area contributed by atoms with Crippen LogP contribution in [0.15, 0.2) is 24.3 Å². The van der Waals surface area contributed by atoms with Crippen molar-refractivity contribution in [2.24, 2.45) is 0 Å². The van der Waals surface area contributed by atoms with Crippen molar-refractivity contribution in [1.82, 2.24) is 4.90 Å². The van der Waals surface area contributed by atoms with Gasteiger partial charge in [-0.1, -0.05) is 18.2 Å². The van der Waals surface area contributed by atoms with Crippen molar-refractivity contribution in [3.05, 3.63) is 29.8 Å². The van der Waals surface area contributed by atoms with E-state index in [0.717, 1.165) is 5.56 Å². The maximum Gasteiger partial charge on any atom is 0.415 e. The van der Waals surface area contributed by atoms with Gasteiger partial charge in [0.15, 0.2) is 6.10 Å². The monoisotopic (exact) mass is 333 g/mol. The topological polar surface area (TPSA) is 52.9 Å². The number of rotatable bonds is 6. The molecule has 0 saturated carbocycles. The van der Waals surface area contributed by atoms with Gasteiger partial charge in [0.2, 0.25) is 0 Å². The van der Waals surface area contributed by atoms with Crippen molar-refractivity contribution >= 4 is 0 Å². The first kappa shape index (κ1) is 18.0. The SMILES string of the molecule is Cc1ccccc1OCC(O)CN1CCCC1C(O)C(F)(F)F. The molecule has 1 aromatic rings. The number of halogens is 3. The largest absolute Gasteiger partial charge is 0.491 e. The number of nitrogens with zero attached hydrogens (tertiary/aromatic N) is 1. The fourth-order valence-corrected chi connectivity index (χ4v) is 2.88. The number of alkyl halides is 3. The van der Waals surface area contributed by atoms with Crippen LogP contribution in [0.5, 0.6) is 5.75 Å². The summed E-state index contributed by atoms with van der Waals surface area (Å²) in [6.07, 6.45) is -7.10. The van der Waals surface area contributed by atoms with Crippen molar-refractivity contribution < 1.29 is 28.1 Å². The summed E-state index contributed by atoms with van der Waals surface area (Å²) in [6, 6.07) is 6.33. The van der Waals surface area contributed by atoms with E-state index in [0.29, 0.717) is 18.7 Å². The smallest absolute Gasteiger partial charge is 0.415 e. The van der Waals surface area contributed by atoms with Crippen LogP contribution < -0.4 is 4.74 Å². The molecular formula is C16H22F3NO3. The summed E-state index contributed by atoms with van der Waals surface area (Å²) < 4.78 is 43.5.